The molecule has 1 aromatic heterocycles. The molecule has 1 aliphatic heterocycles. The fourth-order valence-electron chi connectivity index (χ4n) is 2.86. The summed E-state index contributed by atoms with van der Waals surface area (Å²) < 4.78 is 8.23. The summed E-state index contributed by atoms with van der Waals surface area (Å²) in [5.74, 6) is 0. The highest BCUT2D eigenvalue weighted by Gasteiger charge is 2.26. The van der Waals surface area contributed by atoms with Gasteiger partial charge in [-0.05, 0) is 39.3 Å². The van der Waals surface area contributed by atoms with Crippen molar-refractivity contribution in [2.75, 3.05) is 4.90 Å². The van der Waals surface area contributed by atoms with Gasteiger partial charge in [0.1, 0.15) is 6.17 Å². The molecule has 104 valence electrons. The Morgan fingerprint density at radius 1 is 1.25 bits per heavy atom. The van der Waals surface area contributed by atoms with Gasteiger partial charge in [-0.25, -0.2) is 0 Å². The molecule has 20 heavy (non-hydrogen) atoms. The van der Waals surface area contributed by atoms with E-state index < -0.39 is 6.02 Å². The van der Waals surface area contributed by atoms with E-state index in [9.17, 15) is 0 Å². The van der Waals surface area contributed by atoms with Crippen LogP contribution in [0.15, 0.2) is 42.9 Å². The highest BCUT2D eigenvalue weighted by atomic mass is 15.4. The zero-order valence-corrected chi connectivity index (χ0v) is 12.5. The van der Waals surface area contributed by atoms with Crippen molar-refractivity contribution in [2.24, 2.45) is 0 Å². The maximum Gasteiger partial charge on any atom is 0.103 e. The quantitative estimate of drug-likeness (QED) is 0.823. The second-order valence-corrected chi connectivity index (χ2v) is 5.48. The van der Waals surface area contributed by atoms with Crippen molar-refractivity contribution in [1.82, 2.24) is 9.88 Å². The fourth-order valence-corrected chi connectivity index (χ4v) is 2.86. The summed E-state index contributed by atoms with van der Waals surface area (Å²) in [6, 6.07) is 7.57. The molecular formula is C17H21N3. The Hall–Kier alpha value is -2.03. The minimum Gasteiger partial charge on any atom is -0.353 e. The van der Waals surface area contributed by atoms with Crippen LogP contribution in [0.5, 0.6) is 0 Å². The molecule has 0 amide bonds. The van der Waals surface area contributed by atoms with E-state index in [1.54, 1.807) is 0 Å². The van der Waals surface area contributed by atoms with Gasteiger partial charge in [-0.3, -0.25) is 4.98 Å². The summed E-state index contributed by atoms with van der Waals surface area (Å²) in [5.41, 5.74) is 3.35. The molecule has 1 aliphatic rings. The van der Waals surface area contributed by atoms with E-state index >= 15 is 0 Å². The highest BCUT2D eigenvalue weighted by molar-refractivity contribution is 5.86. The van der Waals surface area contributed by atoms with Crippen LogP contribution in [0, 0.1) is 6.92 Å². The maximum absolute atomic E-state index is 8.23. The number of hydrogen-bond acceptors (Lipinski definition) is 3. The number of aryl methyl sites for hydroxylation is 1. The minimum atomic E-state index is -0.636. The Morgan fingerprint density at radius 3 is 2.70 bits per heavy atom. The van der Waals surface area contributed by atoms with E-state index in [-0.39, 0.29) is 6.17 Å². The van der Waals surface area contributed by atoms with Crippen LogP contribution in [-0.2, 0) is 0 Å². The van der Waals surface area contributed by atoms with Crippen LogP contribution in [-0.4, -0.2) is 22.1 Å². The standard InChI is InChI=1S/C17H21N3/c1-12(2)19-9-10-20(14(19)4)17-11-18-16-8-6-5-7-15(16)13(17)3/h5-12,14H,1-4H3/t14-/m0/s1/i12D. The van der Waals surface area contributed by atoms with Crippen LogP contribution < -0.4 is 4.90 Å². The Morgan fingerprint density at radius 2 is 2.00 bits per heavy atom. The summed E-state index contributed by atoms with van der Waals surface area (Å²) in [6.07, 6.45) is 6.07. The van der Waals surface area contributed by atoms with E-state index in [4.69, 9.17) is 1.37 Å². The van der Waals surface area contributed by atoms with Crippen LogP contribution in [0.4, 0.5) is 5.69 Å². The molecule has 0 bridgehead atoms. The van der Waals surface area contributed by atoms with Gasteiger partial charge in [0.05, 0.1) is 18.8 Å². The third kappa shape index (κ3) is 1.94. The number of hydrogen-bond donors (Lipinski definition) is 0. The molecule has 3 heteroatoms. The van der Waals surface area contributed by atoms with E-state index in [1.165, 1.54) is 10.9 Å². The monoisotopic (exact) mass is 268 g/mol. The molecular weight excluding hydrogens is 246 g/mol. The summed E-state index contributed by atoms with van der Waals surface area (Å²) in [6.45, 7) is 8.06. The van der Waals surface area contributed by atoms with Gasteiger partial charge in [0, 0.05) is 23.8 Å². The number of aromatic nitrogens is 1. The molecule has 0 saturated carbocycles. The minimum absolute atomic E-state index is 0.110. The van der Waals surface area contributed by atoms with E-state index in [2.05, 4.69) is 29.8 Å². The van der Waals surface area contributed by atoms with Gasteiger partial charge in [0.25, 0.3) is 0 Å². The smallest absolute Gasteiger partial charge is 0.103 e. The van der Waals surface area contributed by atoms with Crippen LogP contribution in [0.2, 0.25) is 0 Å². The fraction of sp³-hybridized carbons (Fsp3) is 0.353. The van der Waals surface area contributed by atoms with Crippen molar-refractivity contribution in [1.29, 1.82) is 0 Å². The van der Waals surface area contributed by atoms with Crippen molar-refractivity contribution in [3.63, 3.8) is 0 Å². The SMILES string of the molecule is [2H]C(C)(C)N1C=CN(c2cnc3ccccc3c2C)[C@H]1C. The topological polar surface area (TPSA) is 19.4 Å². The highest BCUT2D eigenvalue weighted by Crippen LogP contribution is 2.31. The first kappa shape index (κ1) is 11.8. The number of nitrogens with zero attached hydrogens (tertiary/aromatic N) is 3. The third-order valence-corrected chi connectivity index (χ3v) is 4.01. The molecule has 3 nitrogen and oxygen atoms in total. The first-order valence-electron chi connectivity index (χ1n) is 7.49. The van der Waals surface area contributed by atoms with Crippen LogP contribution in [0.1, 0.15) is 27.7 Å². The number of fused-ring (bicyclic) bond motifs is 1. The number of pyridine rings is 1. The molecule has 1 atom stereocenters. The molecule has 0 radical (unpaired) electrons. The predicted molar refractivity (Wildman–Crippen MR) is 84.5 cm³/mol. The maximum atomic E-state index is 8.23. The van der Waals surface area contributed by atoms with E-state index in [1.807, 2.05) is 55.5 Å². The predicted octanol–water partition coefficient (Wildman–Crippen LogP) is 3.89. The second kappa shape index (κ2) is 4.82. The molecule has 0 N–H and O–H groups in total. The summed E-state index contributed by atoms with van der Waals surface area (Å²) in [7, 11) is 0. The number of anilines is 1. The molecule has 0 spiro atoms. The molecule has 3 rings (SSSR count). The van der Waals surface area contributed by atoms with Gasteiger partial charge in [-0.1, -0.05) is 18.2 Å². The van der Waals surface area contributed by atoms with Gasteiger partial charge in [-0.15, -0.1) is 0 Å². The lowest BCUT2D eigenvalue weighted by molar-refractivity contribution is 0.263. The lowest BCUT2D eigenvalue weighted by Crippen LogP contribution is -2.39. The molecule has 2 aromatic rings. The normalized spacial score (nSPS) is 19.8. The summed E-state index contributed by atoms with van der Waals surface area (Å²) in [5, 5.41) is 1.18. The summed E-state index contributed by atoms with van der Waals surface area (Å²) in [4.78, 5) is 8.80. The Kier molecular flexibility index (Phi) is 2.84. The van der Waals surface area contributed by atoms with Gasteiger partial charge in [0.2, 0.25) is 0 Å². The largest absolute Gasteiger partial charge is 0.353 e. The molecule has 0 aliphatic carbocycles. The lowest BCUT2D eigenvalue weighted by atomic mass is 10.1. The Bertz CT molecular complexity index is 703. The van der Waals surface area contributed by atoms with Crippen molar-refractivity contribution >= 4 is 16.6 Å². The first-order chi connectivity index (χ1) is 9.89. The number of rotatable bonds is 2. The number of para-hydroxylation sites is 1. The van der Waals surface area contributed by atoms with Gasteiger partial charge >= 0.3 is 0 Å². The zero-order valence-electron chi connectivity index (χ0n) is 13.5. The van der Waals surface area contributed by atoms with E-state index in [0.717, 1.165) is 11.2 Å². The number of benzene rings is 1. The molecule has 0 fully saturated rings. The van der Waals surface area contributed by atoms with Crippen molar-refractivity contribution in [2.45, 2.75) is 39.9 Å². The molecule has 0 unspecified atom stereocenters. The average Bonchev–Trinajstić information content (AvgIpc) is 2.81. The van der Waals surface area contributed by atoms with Crippen molar-refractivity contribution < 1.29 is 1.37 Å². The third-order valence-electron chi connectivity index (χ3n) is 4.01. The first-order valence-corrected chi connectivity index (χ1v) is 6.99. The van der Waals surface area contributed by atoms with Crippen LogP contribution in [0.25, 0.3) is 10.9 Å². The van der Waals surface area contributed by atoms with Gasteiger partial charge < -0.3 is 9.80 Å². The van der Waals surface area contributed by atoms with Gasteiger partial charge in [0.15, 0.2) is 0 Å². The lowest BCUT2D eigenvalue weighted by Gasteiger charge is -2.33. The molecule has 1 aromatic carbocycles. The van der Waals surface area contributed by atoms with Crippen molar-refractivity contribution in [3.8, 4) is 0 Å². The van der Waals surface area contributed by atoms with Crippen molar-refractivity contribution in [3.05, 3.63) is 48.4 Å². The summed E-state index contributed by atoms with van der Waals surface area (Å²) >= 11 is 0. The van der Waals surface area contributed by atoms with Crippen LogP contribution >= 0.6 is 0 Å². The Balaban J connectivity index is 2.03. The van der Waals surface area contributed by atoms with E-state index in [0.29, 0.717) is 0 Å². The molecule has 2 heterocycles. The zero-order chi connectivity index (χ0) is 15.2. The molecule has 0 saturated heterocycles. The second-order valence-electron chi connectivity index (χ2n) is 5.48. The Labute approximate surface area is 121 Å². The average molecular weight is 268 g/mol. The van der Waals surface area contributed by atoms with Gasteiger partial charge in [-0.2, -0.15) is 0 Å². The van der Waals surface area contributed by atoms with Crippen LogP contribution in [0.3, 0.4) is 0 Å².